The van der Waals surface area contributed by atoms with E-state index in [9.17, 15) is 28.8 Å². The lowest BCUT2D eigenvalue weighted by molar-refractivity contribution is -0.137. The van der Waals surface area contributed by atoms with Gasteiger partial charge >= 0.3 is 0 Å². The van der Waals surface area contributed by atoms with Crippen molar-refractivity contribution in [3.05, 3.63) is 40.6 Å². The molecular weight excluding hydrogens is 412 g/mol. The summed E-state index contributed by atoms with van der Waals surface area (Å²) in [4.78, 5) is 71.7. The van der Waals surface area contributed by atoms with Gasteiger partial charge in [0.15, 0.2) is 5.69 Å². The van der Waals surface area contributed by atoms with Crippen LogP contribution in [-0.4, -0.2) is 62.5 Å². The van der Waals surface area contributed by atoms with E-state index in [1.807, 2.05) is 0 Å². The summed E-state index contributed by atoms with van der Waals surface area (Å²) >= 11 is 0. The summed E-state index contributed by atoms with van der Waals surface area (Å²) < 4.78 is 0.996. The monoisotopic (exact) mass is 432 g/mol. The van der Waals surface area contributed by atoms with Crippen LogP contribution in [0.2, 0.25) is 0 Å². The molecule has 0 radical (unpaired) electrons. The number of carbonyl (C=O) groups excluding carboxylic acids is 5. The number of H-pyrrole nitrogens is 1. The van der Waals surface area contributed by atoms with E-state index in [0.717, 1.165) is 4.57 Å². The number of nitrogens with one attached hydrogen (secondary N) is 4. The molecule has 6 N–H and O–H groups in total. The van der Waals surface area contributed by atoms with Crippen molar-refractivity contribution < 1.29 is 24.0 Å². The van der Waals surface area contributed by atoms with Crippen molar-refractivity contribution in [1.82, 2.24) is 30.6 Å². The molecule has 164 valence electrons. The summed E-state index contributed by atoms with van der Waals surface area (Å²) in [6.45, 7) is -0.393. The van der Waals surface area contributed by atoms with Crippen molar-refractivity contribution in [2.45, 2.75) is 25.4 Å². The number of aromatic amines is 1. The van der Waals surface area contributed by atoms with E-state index in [2.05, 4.69) is 31.4 Å². The molecule has 2 rings (SSSR count). The summed E-state index contributed by atoms with van der Waals surface area (Å²) in [6.07, 6.45) is 1.93. The van der Waals surface area contributed by atoms with E-state index in [-0.39, 0.29) is 24.2 Å². The number of nitrogens with two attached hydrogens (primary N) is 1. The predicted molar refractivity (Wildman–Crippen MR) is 104 cm³/mol. The minimum absolute atomic E-state index is 0.112. The molecule has 0 aliphatic carbocycles. The zero-order valence-corrected chi connectivity index (χ0v) is 16.4. The molecule has 0 unspecified atom stereocenters. The van der Waals surface area contributed by atoms with Gasteiger partial charge in [-0.05, 0) is 18.6 Å². The van der Waals surface area contributed by atoms with Crippen LogP contribution in [0, 0.1) is 0 Å². The van der Waals surface area contributed by atoms with Crippen LogP contribution in [0.25, 0.3) is 0 Å². The van der Waals surface area contributed by atoms with Gasteiger partial charge in [0, 0.05) is 19.7 Å². The van der Waals surface area contributed by atoms with E-state index in [0.29, 0.717) is 0 Å². The number of pyridine rings is 1. The van der Waals surface area contributed by atoms with Gasteiger partial charge in [-0.25, -0.2) is 0 Å². The fourth-order valence-electron chi connectivity index (χ4n) is 2.49. The number of nitrogens with zero attached hydrogens (tertiary/aromatic N) is 3. The molecule has 14 nitrogen and oxygen atoms in total. The van der Waals surface area contributed by atoms with Crippen molar-refractivity contribution in [3.63, 3.8) is 0 Å². The fourth-order valence-corrected chi connectivity index (χ4v) is 2.49. The Morgan fingerprint density at radius 3 is 2.61 bits per heavy atom. The highest BCUT2D eigenvalue weighted by Crippen LogP contribution is 2.06. The van der Waals surface area contributed by atoms with Crippen LogP contribution >= 0.6 is 0 Å². The molecule has 0 aromatic carbocycles. The van der Waals surface area contributed by atoms with Crippen LogP contribution in [0.5, 0.6) is 0 Å². The maximum Gasteiger partial charge on any atom is 0.287 e. The van der Waals surface area contributed by atoms with Crippen molar-refractivity contribution in [1.29, 1.82) is 0 Å². The Morgan fingerprint density at radius 1 is 1.26 bits per heavy atom. The first-order chi connectivity index (χ1) is 14.7. The third-order valence-electron chi connectivity index (χ3n) is 4.02. The molecule has 1 atom stereocenters. The third kappa shape index (κ3) is 6.31. The molecule has 0 fully saturated rings. The first-order valence-corrected chi connectivity index (χ1v) is 8.93. The summed E-state index contributed by atoms with van der Waals surface area (Å²) in [5.74, 6) is -3.98. The second kappa shape index (κ2) is 10.4. The first-order valence-electron chi connectivity index (χ1n) is 8.93. The average molecular weight is 432 g/mol. The number of primary amides is 1. The third-order valence-corrected chi connectivity index (χ3v) is 4.02. The molecule has 0 spiro atoms. The van der Waals surface area contributed by atoms with Gasteiger partial charge in [0.2, 0.25) is 17.6 Å². The number of hydrogen-bond donors (Lipinski definition) is 5. The minimum atomic E-state index is -1.29. The second-order valence-electron chi connectivity index (χ2n) is 6.24. The van der Waals surface area contributed by atoms with Gasteiger partial charge in [0.1, 0.15) is 18.3 Å². The summed E-state index contributed by atoms with van der Waals surface area (Å²) in [5.41, 5.74) is 4.10. The smallest absolute Gasteiger partial charge is 0.287 e. The van der Waals surface area contributed by atoms with Crippen LogP contribution in [0.1, 0.15) is 23.3 Å². The molecule has 0 aliphatic heterocycles. The summed E-state index contributed by atoms with van der Waals surface area (Å²) in [7, 11) is 1.28. The molecule has 0 saturated heterocycles. The number of anilines is 1. The number of Topliss-reactive ketones (excluding diaryl/α,β-unsaturated/α-hetero) is 1. The zero-order chi connectivity index (χ0) is 23.0. The quantitative estimate of drug-likeness (QED) is 0.248. The second-order valence-corrected chi connectivity index (χ2v) is 6.24. The Hall–Kier alpha value is -4.36. The van der Waals surface area contributed by atoms with Crippen LogP contribution in [0.15, 0.2) is 29.3 Å². The maximum absolute atomic E-state index is 12.7. The van der Waals surface area contributed by atoms with E-state index < -0.39 is 47.6 Å². The minimum Gasteiger partial charge on any atom is -0.368 e. The van der Waals surface area contributed by atoms with Gasteiger partial charge in [-0.3, -0.25) is 33.9 Å². The van der Waals surface area contributed by atoms with Crippen molar-refractivity contribution >= 4 is 35.1 Å². The topological polar surface area (TPSA) is 211 Å². The number of ketones is 1. The molecule has 0 bridgehead atoms. The number of hydrogen-bond acceptors (Lipinski definition) is 8. The average Bonchev–Trinajstić information content (AvgIpc) is 3.27. The van der Waals surface area contributed by atoms with E-state index in [4.69, 9.17) is 5.73 Å². The van der Waals surface area contributed by atoms with Gasteiger partial charge in [-0.1, -0.05) is 5.21 Å². The van der Waals surface area contributed by atoms with E-state index in [1.165, 1.54) is 31.6 Å². The number of amides is 4. The SMILES string of the molecule is CNC(=O)C(=O)CC[C@H](NC(=O)c1c[nH]nn1)C(=O)Nc1cccn(CC(N)=O)c1=O. The highest BCUT2D eigenvalue weighted by atomic mass is 16.2. The molecule has 31 heavy (non-hydrogen) atoms. The summed E-state index contributed by atoms with van der Waals surface area (Å²) in [5, 5.41) is 16.2. The van der Waals surface area contributed by atoms with Crippen LogP contribution in [0.3, 0.4) is 0 Å². The normalized spacial score (nSPS) is 11.3. The number of carbonyl (C=O) groups is 5. The standard InChI is InChI=1S/C17H20N8O6/c1-19-16(30)12(26)5-4-9(21-15(29)11-7-20-24-23-11)14(28)22-10-3-2-6-25(17(10)31)8-13(18)27/h2-3,6-7,9H,4-5,8H2,1H3,(H2,18,27)(H,19,30)(H,21,29)(H,22,28)(H,20,23,24)/t9-/m0/s1. The fraction of sp³-hybridized carbons (Fsp3) is 0.294. The Kier molecular flexibility index (Phi) is 7.71. The highest BCUT2D eigenvalue weighted by Gasteiger charge is 2.25. The molecule has 2 aromatic rings. The lowest BCUT2D eigenvalue weighted by atomic mass is 10.1. The van der Waals surface area contributed by atoms with Gasteiger partial charge in [0.05, 0.1) is 6.20 Å². The molecule has 14 heteroatoms. The van der Waals surface area contributed by atoms with Gasteiger partial charge in [0.25, 0.3) is 17.4 Å². The van der Waals surface area contributed by atoms with Crippen molar-refractivity contribution in [3.8, 4) is 0 Å². The lowest BCUT2D eigenvalue weighted by Crippen LogP contribution is -2.45. The largest absolute Gasteiger partial charge is 0.368 e. The number of aromatic nitrogens is 4. The molecule has 2 aromatic heterocycles. The van der Waals surface area contributed by atoms with Crippen molar-refractivity contribution in [2.24, 2.45) is 5.73 Å². The molecule has 2 heterocycles. The van der Waals surface area contributed by atoms with Gasteiger partial charge in [-0.15, -0.1) is 5.10 Å². The van der Waals surface area contributed by atoms with E-state index >= 15 is 0 Å². The molecular formula is C17H20N8O6. The Bertz CT molecular complexity index is 1050. The molecule has 0 saturated carbocycles. The Morgan fingerprint density at radius 2 is 2.00 bits per heavy atom. The summed E-state index contributed by atoms with van der Waals surface area (Å²) in [6, 6.07) is 1.42. The van der Waals surface area contributed by atoms with Crippen LogP contribution in [0.4, 0.5) is 5.69 Å². The van der Waals surface area contributed by atoms with Crippen molar-refractivity contribution in [2.75, 3.05) is 12.4 Å². The van der Waals surface area contributed by atoms with Crippen LogP contribution < -0.4 is 27.2 Å². The van der Waals surface area contributed by atoms with E-state index in [1.54, 1.807) is 0 Å². The van der Waals surface area contributed by atoms with Gasteiger partial charge in [-0.2, -0.15) is 0 Å². The Labute approximate surface area is 174 Å². The predicted octanol–water partition coefficient (Wildman–Crippen LogP) is -2.72. The zero-order valence-electron chi connectivity index (χ0n) is 16.4. The number of likely N-dealkylation sites (N-methyl/N-ethyl adjacent to an activating group) is 1. The number of rotatable bonds is 10. The lowest BCUT2D eigenvalue weighted by Gasteiger charge is -2.17. The van der Waals surface area contributed by atoms with Gasteiger partial charge < -0.3 is 26.3 Å². The molecule has 0 aliphatic rings. The Balaban J connectivity index is 2.19. The van der Waals surface area contributed by atoms with Crippen LogP contribution in [-0.2, 0) is 25.7 Å². The highest BCUT2D eigenvalue weighted by molar-refractivity contribution is 6.36. The maximum atomic E-state index is 12.7. The first kappa shape index (κ1) is 22.9. The molecule has 4 amide bonds.